The molecule has 0 bridgehead atoms. The van der Waals surface area contributed by atoms with Crippen LogP contribution >= 0.6 is 28.1 Å². The van der Waals surface area contributed by atoms with E-state index in [1.165, 1.54) is 10.9 Å². The van der Waals surface area contributed by atoms with E-state index in [0.717, 1.165) is 15.8 Å². The number of nitrogens with one attached hydrogen (secondary N) is 2. The Hall–Kier alpha value is -2.65. The smallest absolute Gasteiger partial charge is 0.216 e. The molecule has 134 valence electrons. The first-order valence-electron chi connectivity index (χ1n) is 7.76. The Morgan fingerprint density at radius 3 is 2.85 bits per heavy atom. The molecule has 0 aliphatic rings. The van der Waals surface area contributed by atoms with E-state index in [-0.39, 0.29) is 5.75 Å². The highest BCUT2D eigenvalue weighted by atomic mass is 79.9. The van der Waals surface area contributed by atoms with Crippen LogP contribution in [0.25, 0.3) is 11.4 Å². The fraction of sp³-hybridized carbons (Fsp3) is 0.118. The topological polar surface area (TPSA) is 87.5 Å². The third-order valence-electron chi connectivity index (χ3n) is 3.45. The number of nitrogens with zero attached hydrogens (tertiary/aromatic N) is 3. The number of aromatic amines is 1. The van der Waals surface area contributed by atoms with E-state index >= 15 is 0 Å². The van der Waals surface area contributed by atoms with Gasteiger partial charge in [-0.3, -0.25) is 0 Å². The van der Waals surface area contributed by atoms with Crippen LogP contribution < -0.4 is 10.3 Å². The van der Waals surface area contributed by atoms with Crippen LogP contribution in [0.5, 0.6) is 11.5 Å². The first-order valence-corrected chi connectivity index (χ1v) is 8.97. The largest absolute Gasteiger partial charge is 0.507 e. The Balaban J connectivity index is 1.83. The molecular formula is C17H16BrN5O2S. The zero-order chi connectivity index (χ0) is 18.5. The summed E-state index contributed by atoms with van der Waals surface area (Å²) >= 11 is 8.60. The molecule has 0 radical (unpaired) electrons. The lowest BCUT2D eigenvalue weighted by molar-refractivity contribution is 0.340. The van der Waals surface area contributed by atoms with Gasteiger partial charge in [0.2, 0.25) is 4.77 Å². The molecule has 1 aromatic heterocycles. The van der Waals surface area contributed by atoms with E-state index in [0.29, 0.717) is 22.8 Å². The van der Waals surface area contributed by atoms with Crippen molar-refractivity contribution in [2.45, 2.75) is 6.92 Å². The van der Waals surface area contributed by atoms with Crippen molar-refractivity contribution < 1.29 is 9.84 Å². The van der Waals surface area contributed by atoms with Gasteiger partial charge in [-0.05, 0) is 61.6 Å². The Morgan fingerprint density at radius 2 is 2.12 bits per heavy atom. The lowest BCUT2D eigenvalue weighted by Gasteiger charge is -2.07. The van der Waals surface area contributed by atoms with Gasteiger partial charge in [0.05, 0.1) is 12.8 Å². The van der Waals surface area contributed by atoms with Crippen LogP contribution in [0, 0.1) is 4.77 Å². The fourth-order valence-corrected chi connectivity index (χ4v) is 2.79. The zero-order valence-electron chi connectivity index (χ0n) is 13.8. The monoisotopic (exact) mass is 433 g/mol. The molecule has 7 nitrogen and oxygen atoms in total. The molecule has 0 spiro atoms. The van der Waals surface area contributed by atoms with Gasteiger partial charge >= 0.3 is 0 Å². The zero-order valence-corrected chi connectivity index (χ0v) is 16.2. The van der Waals surface area contributed by atoms with Crippen molar-refractivity contribution >= 4 is 34.4 Å². The summed E-state index contributed by atoms with van der Waals surface area (Å²) < 4.78 is 8.19. The minimum absolute atomic E-state index is 0.126. The molecule has 2 aromatic carbocycles. The number of hydrogen-bond donors (Lipinski definition) is 3. The van der Waals surface area contributed by atoms with Crippen molar-refractivity contribution in [2.75, 3.05) is 12.1 Å². The minimum Gasteiger partial charge on any atom is -0.507 e. The third-order valence-corrected chi connectivity index (χ3v) is 4.21. The molecule has 3 aromatic rings. The standard InChI is InChI=1S/C17H16BrN5O2S/c1-2-25-14-6-3-11(4-7-14)16-20-21-17(26)23(16)22-19-10-12-9-13(18)5-8-15(12)24/h3-10,22,24H,2H2,1H3,(H,21,26)/b19-10+. The highest BCUT2D eigenvalue weighted by Crippen LogP contribution is 2.21. The second-order valence-electron chi connectivity index (χ2n) is 5.21. The summed E-state index contributed by atoms with van der Waals surface area (Å²) in [7, 11) is 0. The van der Waals surface area contributed by atoms with Crippen molar-refractivity contribution in [1.82, 2.24) is 14.9 Å². The molecule has 0 amide bonds. The molecule has 0 aliphatic heterocycles. The van der Waals surface area contributed by atoms with Crippen LogP contribution in [0.15, 0.2) is 52.0 Å². The van der Waals surface area contributed by atoms with Gasteiger partial charge in [-0.25, -0.2) is 10.6 Å². The lowest BCUT2D eigenvalue weighted by atomic mass is 10.2. The van der Waals surface area contributed by atoms with E-state index < -0.39 is 0 Å². The van der Waals surface area contributed by atoms with E-state index in [2.05, 4.69) is 36.8 Å². The average Bonchev–Trinajstić information content (AvgIpc) is 3.00. The molecule has 26 heavy (non-hydrogen) atoms. The first-order chi connectivity index (χ1) is 12.6. The normalized spacial score (nSPS) is 11.0. The molecule has 0 saturated heterocycles. The van der Waals surface area contributed by atoms with Gasteiger partial charge in [-0.1, -0.05) is 15.9 Å². The van der Waals surface area contributed by atoms with Gasteiger partial charge in [0.1, 0.15) is 11.5 Å². The Bertz CT molecular complexity index is 982. The summed E-state index contributed by atoms with van der Waals surface area (Å²) in [5.41, 5.74) is 4.23. The lowest BCUT2D eigenvalue weighted by Crippen LogP contribution is -2.10. The van der Waals surface area contributed by atoms with Crippen LogP contribution in [0.4, 0.5) is 0 Å². The van der Waals surface area contributed by atoms with E-state index in [1.807, 2.05) is 31.2 Å². The summed E-state index contributed by atoms with van der Waals surface area (Å²) in [4.78, 5) is 0. The molecule has 0 saturated carbocycles. The number of aromatic nitrogens is 3. The summed E-state index contributed by atoms with van der Waals surface area (Å²) in [5, 5.41) is 21.0. The molecule has 3 N–H and O–H groups in total. The van der Waals surface area contributed by atoms with Crippen molar-refractivity contribution in [2.24, 2.45) is 5.10 Å². The van der Waals surface area contributed by atoms with E-state index in [4.69, 9.17) is 17.0 Å². The van der Waals surface area contributed by atoms with Crippen molar-refractivity contribution in [3.63, 3.8) is 0 Å². The van der Waals surface area contributed by atoms with Gasteiger partial charge in [-0.2, -0.15) is 14.9 Å². The summed E-state index contributed by atoms with van der Waals surface area (Å²) in [6, 6.07) is 12.6. The maximum Gasteiger partial charge on any atom is 0.216 e. The highest BCUT2D eigenvalue weighted by Gasteiger charge is 2.08. The number of ether oxygens (including phenoxy) is 1. The Morgan fingerprint density at radius 1 is 1.35 bits per heavy atom. The Labute approximate surface area is 163 Å². The van der Waals surface area contributed by atoms with Gasteiger partial charge in [0, 0.05) is 15.6 Å². The van der Waals surface area contributed by atoms with Crippen molar-refractivity contribution in [1.29, 1.82) is 0 Å². The van der Waals surface area contributed by atoms with E-state index in [9.17, 15) is 5.11 Å². The summed E-state index contributed by atoms with van der Waals surface area (Å²) in [5.74, 6) is 1.49. The predicted octanol–water partition coefficient (Wildman–Crippen LogP) is 4.05. The molecule has 0 unspecified atom stereocenters. The van der Waals surface area contributed by atoms with Gasteiger partial charge in [0.25, 0.3) is 0 Å². The number of hydrazone groups is 1. The van der Waals surface area contributed by atoms with Crippen molar-refractivity contribution in [3.05, 3.63) is 57.3 Å². The third kappa shape index (κ3) is 4.12. The fourth-order valence-electron chi connectivity index (χ4n) is 2.24. The molecule has 1 heterocycles. The Kier molecular flexibility index (Phi) is 5.69. The quantitative estimate of drug-likeness (QED) is 0.310. The number of halogens is 1. The summed E-state index contributed by atoms with van der Waals surface area (Å²) in [6.45, 7) is 2.54. The molecule has 0 aliphatic carbocycles. The molecule has 0 atom stereocenters. The maximum atomic E-state index is 9.85. The number of rotatable bonds is 6. The van der Waals surface area contributed by atoms with Gasteiger partial charge in [-0.15, -0.1) is 0 Å². The first kappa shape index (κ1) is 18.2. The van der Waals surface area contributed by atoms with Crippen molar-refractivity contribution in [3.8, 4) is 22.9 Å². The second kappa shape index (κ2) is 8.15. The van der Waals surface area contributed by atoms with Crippen LogP contribution in [-0.2, 0) is 0 Å². The predicted molar refractivity (Wildman–Crippen MR) is 107 cm³/mol. The number of phenols is 1. The van der Waals surface area contributed by atoms with E-state index in [1.54, 1.807) is 18.2 Å². The number of H-pyrrole nitrogens is 1. The number of benzene rings is 2. The van der Waals surface area contributed by atoms with Gasteiger partial charge in [0.15, 0.2) is 5.82 Å². The molecule has 9 heteroatoms. The van der Waals surface area contributed by atoms with Crippen LogP contribution in [-0.4, -0.2) is 32.8 Å². The number of aromatic hydroxyl groups is 1. The van der Waals surface area contributed by atoms with Crippen LogP contribution in [0.1, 0.15) is 12.5 Å². The average molecular weight is 434 g/mol. The second-order valence-corrected chi connectivity index (χ2v) is 6.51. The van der Waals surface area contributed by atoms with Gasteiger partial charge < -0.3 is 9.84 Å². The minimum atomic E-state index is 0.126. The molecule has 3 rings (SSSR count). The SMILES string of the molecule is CCOc1ccc(-c2n[nH]c(=S)n2N/N=C/c2cc(Br)ccc2O)cc1. The number of phenolic OH excluding ortho intramolecular Hbond substituents is 1. The van der Waals surface area contributed by atoms with Crippen LogP contribution in [0.3, 0.4) is 0 Å². The maximum absolute atomic E-state index is 9.85. The number of hydrogen-bond acceptors (Lipinski definition) is 6. The summed E-state index contributed by atoms with van der Waals surface area (Å²) in [6.07, 6.45) is 1.50. The van der Waals surface area contributed by atoms with Crippen LogP contribution in [0.2, 0.25) is 0 Å². The molecule has 0 fully saturated rings. The highest BCUT2D eigenvalue weighted by molar-refractivity contribution is 9.10. The molecular weight excluding hydrogens is 418 g/mol.